The normalized spacial score (nSPS) is 19.1. The molecular formula is C13H19N. The Morgan fingerprint density at radius 1 is 1.43 bits per heavy atom. The third-order valence-electron chi connectivity index (χ3n) is 2.73. The number of allylic oxidation sites excluding steroid dienone is 6. The first-order valence-corrected chi connectivity index (χ1v) is 5.15. The number of hydrogen-bond acceptors (Lipinski definition) is 1. The van der Waals surface area contributed by atoms with Crippen molar-refractivity contribution >= 4 is 5.71 Å². The van der Waals surface area contributed by atoms with Gasteiger partial charge in [0.25, 0.3) is 0 Å². The average Bonchev–Trinajstić information content (AvgIpc) is 2.20. The lowest BCUT2D eigenvalue weighted by Crippen LogP contribution is -2.03. The molecule has 76 valence electrons. The van der Waals surface area contributed by atoms with Crippen molar-refractivity contribution < 1.29 is 0 Å². The van der Waals surface area contributed by atoms with Crippen LogP contribution in [0, 0.1) is 0 Å². The molecule has 0 fully saturated rings. The van der Waals surface area contributed by atoms with Crippen LogP contribution in [0.3, 0.4) is 0 Å². The van der Waals surface area contributed by atoms with E-state index in [4.69, 9.17) is 0 Å². The molecule has 0 heterocycles. The molecule has 0 aromatic heterocycles. The van der Waals surface area contributed by atoms with E-state index >= 15 is 0 Å². The van der Waals surface area contributed by atoms with Crippen molar-refractivity contribution in [2.75, 3.05) is 7.05 Å². The van der Waals surface area contributed by atoms with Crippen LogP contribution in [0.4, 0.5) is 0 Å². The maximum atomic E-state index is 4.23. The summed E-state index contributed by atoms with van der Waals surface area (Å²) in [5.74, 6) is 0. The zero-order chi connectivity index (χ0) is 10.6. The smallest absolute Gasteiger partial charge is 0.0346 e. The average molecular weight is 189 g/mol. The molecule has 0 saturated carbocycles. The predicted octanol–water partition coefficient (Wildman–Crippen LogP) is 3.69. The molecule has 0 bridgehead atoms. The van der Waals surface area contributed by atoms with Gasteiger partial charge in [-0.25, -0.2) is 0 Å². The molecule has 0 radical (unpaired) electrons. The molecule has 0 atom stereocenters. The summed E-state index contributed by atoms with van der Waals surface area (Å²) >= 11 is 0. The molecule has 0 aliphatic heterocycles. The highest BCUT2D eigenvalue weighted by Gasteiger charge is 2.09. The molecule has 1 aliphatic rings. The van der Waals surface area contributed by atoms with Crippen LogP contribution < -0.4 is 0 Å². The molecule has 14 heavy (non-hydrogen) atoms. The fourth-order valence-electron chi connectivity index (χ4n) is 1.74. The predicted molar refractivity (Wildman–Crippen MR) is 63.9 cm³/mol. The van der Waals surface area contributed by atoms with Gasteiger partial charge in [-0.3, -0.25) is 4.99 Å². The van der Waals surface area contributed by atoms with Crippen LogP contribution in [0.15, 0.2) is 39.9 Å². The monoisotopic (exact) mass is 189 g/mol. The molecule has 0 aromatic carbocycles. The largest absolute Gasteiger partial charge is 0.293 e. The third kappa shape index (κ3) is 2.44. The van der Waals surface area contributed by atoms with E-state index in [0.717, 1.165) is 12.8 Å². The zero-order valence-electron chi connectivity index (χ0n) is 9.59. The minimum atomic E-state index is 1.13. The van der Waals surface area contributed by atoms with Gasteiger partial charge in [0.15, 0.2) is 0 Å². The van der Waals surface area contributed by atoms with Gasteiger partial charge in [-0.05, 0) is 50.3 Å². The van der Waals surface area contributed by atoms with Crippen molar-refractivity contribution in [2.24, 2.45) is 4.99 Å². The van der Waals surface area contributed by atoms with Gasteiger partial charge in [0.1, 0.15) is 0 Å². The Morgan fingerprint density at radius 3 is 2.64 bits per heavy atom. The number of hydrogen-bond donors (Lipinski definition) is 0. The van der Waals surface area contributed by atoms with Crippen LogP contribution in [-0.4, -0.2) is 12.8 Å². The van der Waals surface area contributed by atoms with Crippen molar-refractivity contribution in [3.8, 4) is 0 Å². The summed E-state index contributed by atoms with van der Waals surface area (Å²) in [4.78, 5) is 4.23. The molecule has 1 nitrogen and oxygen atoms in total. The lowest BCUT2D eigenvalue weighted by atomic mass is 9.91. The lowest BCUT2D eigenvalue weighted by molar-refractivity contribution is 0.940. The zero-order valence-corrected chi connectivity index (χ0v) is 9.59. The van der Waals surface area contributed by atoms with Crippen LogP contribution in [0.5, 0.6) is 0 Å². The summed E-state index contributed by atoms with van der Waals surface area (Å²) < 4.78 is 0. The van der Waals surface area contributed by atoms with E-state index in [2.05, 4.69) is 44.0 Å². The number of rotatable bonds is 2. The summed E-state index contributed by atoms with van der Waals surface area (Å²) in [6, 6.07) is 0. The molecule has 0 unspecified atom stereocenters. The highest BCUT2D eigenvalue weighted by molar-refractivity contribution is 5.98. The van der Waals surface area contributed by atoms with E-state index in [9.17, 15) is 0 Å². The van der Waals surface area contributed by atoms with E-state index in [0.29, 0.717) is 0 Å². The van der Waals surface area contributed by atoms with E-state index in [-0.39, 0.29) is 0 Å². The van der Waals surface area contributed by atoms with Crippen LogP contribution >= 0.6 is 0 Å². The van der Waals surface area contributed by atoms with Gasteiger partial charge < -0.3 is 0 Å². The Balaban J connectivity index is 2.95. The minimum Gasteiger partial charge on any atom is -0.293 e. The van der Waals surface area contributed by atoms with Crippen molar-refractivity contribution in [1.82, 2.24) is 0 Å². The van der Waals surface area contributed by atoms with Crippen LogP contribution in [0.2, 0.25) is 0 Å². The molecule has 0 aromatic rings. The van der Waals surface area contributed by atoms with Gasteiger partial charge in [0, 0.05) is 12.8 Å². The van der Waals surface area contributed by atoms with Crippen molar-refractivity contribution in [1.29, 1.82) is 0 Å². The van der Waals surface area contributed by atoms with Gasteiger partial charge in [-0.15, -0.1) is 0 Å². The Labute approximate surface area is 86.9 Å². The Bertz CT molecular complexity index is 327. The quantitative estimate of drug-likeness (QED) is 0.587. The lowest BCUT2D eigenvalue weighted by Gasteiger charge is -2.15. The van der Waals surface area contributed by atoms with Crippen LogP contribution in [0.25, 0.3) is 0 Å². The first-order valence-electron chi connectivity index (χ1n) is 5.15. The second kappa shape index (κ2) is 4.94. The summed E-state index contributed by atoms with van der Waals surface area (Å²) in [7, 11) is 1.86. The maximum absolute atomic E-state index is 4.23. The van der Waals surface area contributed by atoms with Crippen molar-refractivity contribution in [2.45, 2.75) is 33.6 Å². The van der Waals surface area contributed by atoms with Crippen LogP contribution in [-0.2, 0) is 0 Å². The number of nitrogens with zero attached hydrogens (tertiary/aromatic N) is 1. The standard InChI is InChI=1S/C13H19N/c1-5-6-12-7-8-13(9-10(12)2)11(3)14-4/h5-6,9H,7-8H2,1-4H3/b6-5-,14-11+. The van der Waals surface area contributed by atoms with E-state index in [1.165, 1.54) is 22.4 Å². The highest BCUT2D eigenvalue weighted by atomic mass is 14.7. The molecule has 0 saturated heterocycles. The summed E-state index contributed by atoms with van der Waals surface area (Å²) in [5, 5.41) is 0. The number of aliphatic imine (C=N–C) groups is 1. The van der Waals surface area contributed by atoms with Gasteiger partial charge in [0.2, 0.25) is 0 Å². The Kier molecular flexibility index (Phi) is 3.87. The molecule has 1 rings (SSSR count). The van der Waals surface area contributed by atoms with Gasteiger partial charge >= 0.3 is 0 Å². The van der Waals surface area contributed by atoms with E-state index < -0.39 is 0 Å². The molecule has 1 heteroatoms. The third-order valence-corrected chi connectivity index (χ3v) is 2.73. The highest BCUT2D eigenvalue weighted by Crippen LogP contribution is 2.25. The van der Waals surface area contributed by atoms with Gasteiger partial charge in [-0.1, -0.05) is 18.2 Å². The molecule has 1 aliphatic carbocycles. The summed E-state index contributed by atoms with van der Waals surface area (Å²) in [5.41, 5.74) is 5.40. The first kappa shape index (κ1) is 11.0. The van der Waals surface area contributed by atoms with Crippen molar-refractivity contribution in [3.63, 3.8) is 0 Å². The Morgan fingerprint density at radius 2 is 2.14 bits per heavy atom. The topological polar surface area (TPSA) is 12.4 Å². The molecule has 0 amide bonds. The van der Waals surface area contributed by atoms with E-state index in [1.807, 2.05) is 7.05 Å². The summed E-state index contributed by atoms with van der Waals surface area (Å²) in [6.07, 6.45) is 8.86. The second-order valence-electron chi connectivity index (χ2n) is 3.69. The van der Waals surface area contributed by atoms with Gasteiger partial charge in [-0.2, -0.15) is 0 Å². The van der Waals surface area contributed by atoms with Gasteiger partial charge in [0.05, 0.1) is 0 Å². The Hall–Kier alpha value is -1.11. The first-order chi connectivity index (χ1) is 6.69. The summed E-state index contributed by atoms with van der Waals surface area (Å²) in [6.45, 7) is 6.33. The SMILES string of the molecule is C/C=C\C1=C(C)C=C(/C(C)=N/C)CC1. The minimum absolute atomic E-state index is 1.13. The van der Waals surface area contributed by atoms with E-state index in [1.54, 1.807) is 0 Å². The fraction of sp³-hybridized carbons (Fsp3) is 0.462. The molecule has 0 spiro atoms. The second-order valence-corrected chi connectivity index (χ2v) is 3.69. The molecule has 0 N–H and O–H groups in total. The van der Waals surface area contributed by atoms with Crippen LogP contribution in [0.1, 0.15) is 33.6 Å². The van der Waals surface area contributed by atoms with Crippen molar-refractivity contribution in [3.05, 3.63) is 34.9 Å². The fourth-order valence-corrected chi connectivity index (χ4v) is 1.74. The molecular weight excluding hydrogens is 170 g/mol. The maximum Gasteiger partial charge on any atom is 0.0346 e.